The molecule has 0 aliphatic heterocycles. The number of alkyl halides is 5. The Morgan fingerprint density at radius 3 is 1.82 bits per heavy atom. The van der Waals surface area contributed by atoms with E-state index in [1.54, 1.807) is 0 Å². The van der Waals surface area contributed by atoms with Crippen LogP contribution in [0.3, 0.4) is 0 Å². The van der Waals surface area contributed by atoms with Gasteiger partial charge in [0.2, 0.25) is 0 Å². The molecule has 0 aromatic heterocycles. The zero-order valence-electron chi connectivity index (χ0n) is 5.21. The molecule has 0 saturated heterocycles. The van der Waals surface area contributed by atoms with Crippen LogP contribution in [0.4, 0.5) is 13.2 Å². The Labute approximate surface area is 70.2 Å². The van der Waals surface area contributed by atoms with Crippen LogP contribution in [0, 0.1) is 0 Å². The van der Waals surface area contributed by atoms with Crippen molar-refractivity contribution in [3.05, 3.63) is 0 Å². The number of ether oxygens (including phenoxy) is 1. The van der Waals surface area contributed by atoms with Crippen LogP contribution in [0.25, 0.3) is 0 Å². The number of hydrogen-bond donors (Lipinski definition) is 0. The first kappa shape index (κ1) is 10.8. The molecular weight excluding hydrogens is 208 g/mol. The molecule has 66 valence electrons. The van der Waals surface area contributed by atoms with Gasteiger partial charge in [0.25, 0.3) is 0 Å². The van der Waals surface area contributed by atoms with Gasteiger partial charge in [0.1, 0.15) is 0 Å². The summed E-state index contributed by atoms with van der Waals surface area (Å²) in [6, 6.07) is 0. The number of methoxy groups -OCH3 is 1. The summed E-state index contributed by atoms with van der Waals surface area (Å²) in [5.41, 5.74) is 0. The molecule has 0 aromatic rings. The molecule has 11 heavy (non-hydrogen) atoms. The molecule has 1 atom stereocenters. The maximum atomic E-state index is 12.4. The second-order valence-electron chi connectivity index (χ2n) is 1.56. The summed E-state index contributed by atoms with van der Waals surface area (Å²) in [7, 11) is 0.710. The average molecular weight is 211 g/mol. The predicted molar refractivity (Wildman–Crippen MR) is 32.5 cm³/mol. The minimum atomic E-state index is -4.48. The van der Waals surface area contributed by atoms with E-state index in [2.05, 4.69) is 27.9 Å². The highest BCUT2D eigenvalue weighted by Crippen LogP contribution is 2.40. The van der Waals surface area contributed by atoms with Crippen molar-refractivity contribution in [3.63, 3.8) is 0 Å². The Morgan fingerprint density at radius 2 is 1.73 bits per heavy atom. The van der Waals surface area contributed by atoms with Crippen LogP contribution in [0.2, 0.25) is 0 Å². The lowest BCUT2D eigenvalue weighted by atomic mass is 10.4. The number of carbonyl (C=O) groups is 1. The third-order valence-electron chi connectivity index (χ3n) is 0.798. The summed E-state index contributed by atoms with van der Waals surface area (Å²) in [6.07, 6.45) is 0. The SMILES string of the molecule is COC(=O)[C@@](F)(Cl)C(F)(F)Cl. The van der Waals surface area contributed by atoms with Crippen molar-refractivity contribution in [2.75, 3.05) is 7.11 Å². The fourth-order valence-corrected chi connectivity index (χ4v) is 0.398. The maximum absolute atomic E-state index is 12.4. The predicted octanol–water partition coefficient (Wildman–Crippen LogP) is 1.90. The van der Waals surface area contributed by atoms with E-state index in [0.717, 1.165) is 0 Å². The van der Waals surface area contributed by atoms with Crippen molar-refractivity contribution in [2.45, 2.75) is 10.5 Å². The minimum absolute atomic E-state index is 0.710. The molecule has 0 aliphatic carbocycles. The van der Waals surface area contributed by atoms with E-state index >= 15 is 0 Å². The van der Waals surface area contributed by atoms with Gasteiger partial charge < -0.3 is 4.74 Å². The summed E-state index contributed by atoms with van der Waals surface area (Å²) in [5, 5.41) is -8.50. The number of carbonyl (C=O) groups excluding carboxylic acids is 1. The van der Waals surface area contributed by atoms with Gasteiger partial charge in [0.05, 0.1) is 7.11 Å². The molecule has 0 heterocycles. The van der Waals surface area contributed by atoms with E-state index in [0.29, 0.717) is 7.11 Å². The smallest absolute Gasteiger partial charge is 0.380 e. The lowest BCUT2D eigenvalue weighted by Crippen LogP contribution is -2.42. The van der Waals surface area contributed by atoms with Gasteiger partial charge in [0.15, 0.2) is 0 Å². The standard InChI is InChI=1S/C4H3Cl2F3O2/c1-11-2(10)3(5,7)4(6,8)9/h1H3/t3-/m0/s1. The van der Waals surface area contributed by atoms with Gasteiger partial charge >= 0.3 is 16.5 Å². The molecule has 0 bridgehead atoms. The molecule has 0 saturated carbocycles. The molecule has 0 amide bonds. The van der Waals surface area contributed by atoms with E-state index in [1.165, 1.54) is 0 Å². The molecule has 0 N–H and O–H groups in total. The number of halogens is 5. The Kier molecular flexibility index (Phi) is 3.02. The fraction of sp³-hybridized carbons (Fsp3) is 0.750. The first-order chi connectivity index (χ1) is 4.73. The van der Waals surface area contributed by atoms with Gasteiger partial charge in [-0.25, -0.2) is 9.18 Å². The van der Waals surface area contributed by atoms with E-state index in [1.807, 2.05) is 0 Å². The molecule has 0 unspecified atom stereocenters. The monoisotopic (exact) mass is 210 g/mol. The minimum Gasteiger partial charge on any atom is -0.465 e. The van der Waals surface area contributed by atoms with Crippen LogP contribution in [0.5, 0.6) is 0 Å². The van der Waals surface area contributed by atoms with Crippen molar-refractivity contribution in [1.29, 1.82) is 0 Å². The van der Waals surface area contributed by atoms with Crippen LogP contribution in [0.15, 0.2) is 0 Å². The Hall–Kier alpha value is -0.160. The number of esters is 1. The van der Waals surface area contributed by atoms with Crippen LogP contribution >= 0.6 is 23.2 Å². The second-order valence-corrected chi connectivity index (χ2v) is 2.56. The number of rotatable bonds is 2. The van der Waals surface area contributed by atoms with Gasteiger partial charge in [-0.1, -0.05) is 11.6 Å². The van der Waals surface area contributed by atoms with Crippen LogP contribution in [-0.2, 0) is 9.53 Å². The van der Waals surface area contributed by atoms with Crippen molar-refractivity contribution < 1.29 is 22.7 Å². The highest BCUT2D eigenvalue weighted by Gasteiger charge is 2.60. The van der Waals surface area contributed by atoms with Crippen LogP contribution in [0.1, 0.15) is 0 Å². The van der Waals surface area contributed by atoms with E-state index in [9.17, 15) is 18.0 Å². The average Bonchev–Trinajstić information content (AvgIpc) is 1.83. The highest BCUT2D eigenvalue weighted by atomic mass is 35.5. The highest BCUT2D eigenvalue weighted by molar-refractivity contribution is 6.39. The third-order valence-corrected chi connectivity index (χ3v) is 1.55. The first-order valence-corrected chi connectivity index (χ1v) is 3.02. The van der Waals surface area contributed by atoms with Gasteiger partial charge in [-0.2, -0.15) is 8.78 Å². The summed E-state index contributed by atoms with van der Waals surface area (Å²) >= 11 is 8.60. The van der Waals surface area contributed by atoms with Gasteiger partial charge in [-0.3, -0.25) is 0 Å². The van der Waals surface area contributed by atoms with Gasteiger partial charge in [0, 0.05) is 0 Å². The summed E-state index contributed by atoms with van der Waals surface area (Å²) in [6.45, 7) is 0. The summed E-state index contributed by atoms with van der Waals surface area (Å²) in [5.74, 6) is -1.93. The second kappa shape index (κ2) is 3.06. The van der Waals surface area contributed by atoms with Crippen molar-refractivity contribution in [2.24, 2.45) is 0 Å². The molecule has 0 aliphatic rings. The zero-order valence-corrected chi connectivity index (χ0v) is 6.72. The van der Waals surface area contributed by atoms with Crippen molar-refractivity contribution in [3.8, 4) is 0 Å². The number of hydrogen-bond acceptors (Lipinski definition) is 2. The van der Waals surface area contributed by atoms with Crippen molar-refractivity contribution >= 4 is 29.2 Å². The molecule has 7 heteroatoms. The fourth-order valence-electron chi connectivity index (χ4n) is 0.244. The van der Waals surface area contributed by atoms with Crippen LogP contribution in [-0.4, -0.2) is 23.6 Å². The molecule has 0 fully saturated rings. The first-order valence-electron chi connectivity index (χ1n) is 2.26. The quantitative estimate of drug-likeness (QED) is 0.514. The topological polar surface area (TPSA) is 26.3 Å². The van der Waals surface area contributed by atoms with E-state index < -0.39 is 16.5 Å². The largest absolute Gasteiger partial charge is 0.465 e. The lowest BCUT2D eigenvalue weighted by Gasteiger charge is -2.19. The zero-order chi connectivity index (χ0) is 9.28. The molecule has 0 radical (unpaired) electrons. The van der Waals surface area contributed by atoms with Gasteiger partial charge in [-0.15, -0.1) is 0 Å². The molecule has 0 rings (SSSR count). The van der Waals surface area contributed by atoms with Crippen molar-refractivity contribution in [1.82, 2.24) is 0 Å². The molecule has 2 nitrogen and oxygen atoms in total. The normalized spacial score (nSPS) is 17.3. The molecule has 0 spiro atoms. The summed E-state index contributed by atoms with van der Waals surface area (Å²) in [4.78, 5) is 10.2. The summed E-state index contributed by atoms with van der Waals surface area (Å²) < 4.78 is 39.8. The third kappa shape index (κ3) is 2.13. The van der Waals surface area contributed by atoms with E-state index in [-0.39, 0.29) is 0 Å². The molecule has 0 aromatic carbocycles. The Balaban J connectivity index is 4.59. The Bertz CT molecular complexity index is 165. The molecular formula is C4H3Cl2F3O2. The lowest BCUT2D eigenvalue weighted by molar-refractivity contribution is -0.160. The van der Waals surface area contributed by atoms with E-state index in [4.69, 9.17) is 0 Å². The van der Waals surface area contributed by atoms with Crippen LogP contribution < -0.4 is 0 Å². The maximum Gasteiger partial charge on any atom is 0.380 e. The Morgan fingerprint density at radius 1 is 1.36 bits per heavy atom. The van der Waals surface area contributed by atoms with Gasteiger partial charge in [-0.05, 0) is 11.6 Å².